The maximum Gasteiger partial charge on any atom is 0.337 e. The van der Waals surface area contributed by atoms with E-state index in [4.69, 9.17) is 39.9 Å². The summed E-state index contributed by atoms with van der Waals surface area (Å²) in [6, 6.07) is 1.17. The Labute approximate surface area is 172 Å². The number of carbonyl (C=O) groups is 1. The summed E-state index contributed by atoms with van der Waals surface area (Å²) >= 11 is 12.3. The molecule has 1 aromatic carbocycles. The van der Waals surface area contributed by atoms with Gasteiger partial charge in [-0.25, -0.2) is 19.2 Å². The third-order valence-corrected chi connectivity index (χ3v) is 4.84. The van der Waals surface area contributed by atoms with Crippen molar-refractivity contribution in [3.63, 3.8) is 0 Å². The van der Waals surface area contributed by atoms with Gasteiger partial charge in [0, 0.05) is 11.1 Å². The number of nitrogens with one attached hydrogen (secondary N) is 2. The first-order valence-electron chi connectivity index (χ1n) is 7.60. The molecule has 0 fully saturated rings. The number of aliphatic imine (C=N–C) groups is 1. The molecule has 2 aromatic rings. The number of aromatic carboxylic acids is 1. The zero-order valence-corrected chi connectivity index (χ0v) is 15.6. The predicted molar refractivity (Wildman–Crippen MR) is 103 cm³/mol. The second-order valence-electron chi connectivity index (χ2n) is 5.65. The van der Waals surface area contributed by atoms with Crippen LogP contribution < -0.4 is 22.1 Å². The molecule has 7 N–H and O–H groups in total. The number of rotatable bonds is 2. The van der Waals surface area contributed by atoms with E-state index in [9.17, 15) is 19.6 Å². The van der Waals surface area contributed by atoms with Crippen LogP contribution in [-0.2, 0) is 0 Å². The lowest BCUT2D eigenvalue weighted by atomic mass is 9.93. The molecule has 0 aliphatic carbocycles. The molecule has 13 heteroatoms. The summed E-state index contributed by atoms with van der Waals surface area (Å²) in [5.74, 6) is -2.88. The lowest BCUT2D eigenvalue weighted by molar-refractivity contribution is 0.0696. The van der Waals surface area contributed by atoms with Crippen LogP contribution in [0.4, 0.5) is 21.7 Å². The van der Waals surface area contributed by atoms with Crippen molar-refractivity contribution in [2.75, 3.05) is 16.8 Å². The summed E-state index contributed by atoms with van der Waals surface area (Å²) in [7, 11) is 0. The molecule has 0 saturated heterocycles. The minimum atomic E-state index is -1.50. The normalized spacial score (nSPS) is 14.7. The van der Waals surface area contributed by atoms with Gasteiger partial charge in [-0.1, -0.05) is 23.2 Å². The van der Waals surface area contributed by atoms with Crippen molar-refractivity contribution in [1.29, 1.82) is 10.5 Å². The van der Waals surface area contributed by atoms with Gasteiger partial charge < -0.3 is 21.9 Å². The SMILES string of the molecule is N#CNC1=NC(c2c(Cl)c(F)cc(C(=O)O)c2Cl)c2c(nc(N)c(C#N)c2N)N1. The Balaban J connectivity index is 2.41. The number of benzene rings is 1. The van der Waals surface area contributed by atoms with Gasteiger partial charge in [-0.05, 0) is 6.07 Å². The molecule has 1 aromatic heterocycles. The first kappa shape index (κ1) is 19.9. The third-order valence-electron chi connectivity index (χ3n) is 4.05. The number of nitriles is 2. The predicted octanol–water partition coefficient (Wildman–Crippen LogP) is 2.20. The van der Waals surface area contributed by atoms with Crippen LogP contribution in [0.2, 0.25) is 10.0 Å². The van der Waals surface area contributed by atoms with Crippen molar-refractivity contribution in [2.24, 2.45) is 4.99 Å². The van der Waals surface area contributed by atoms with Crippen molar-refractivity contribution >= 4 is 52.5 Å². The smallest absolute Gasteiger partial charge is 0.337 e. The van der Waals surface area contributed by atoms with E-state index in [1.54, 1.807) is 12.3 Å². The number of carboxylic acid groups (broad SMARTS) is 1. The average Bonchev–Trinajstić information content (AvgIpc) is 2.64. The topological polar surface area (TPSA) is 186 Å². The average molecular weight is 435 g/mol. The largest absolute Gasteiger partial charge is 0.478 e. The molecule has 2 heterocycles. The van der Waals surface area contributed by atoms with Crippen molar-refractivity contribution in [2.45, 2.75) is 6.04 Å². The minimum absolute atomic E-state index is 0.00465. The van der Waals surface area contributed by atoms with E-state index in [2.05, 4.69) is 20.6 Å². The van der Waals surface area contributed by atoms with Crippen LogP contribution in [0.25, 0.3) is 0 Å². The molecule has 0 spiro atoms. The van der Waals surface area contributed by atoms with Gasteiger partial charge in [0.2, 0.25) is 5.96 Å². The highest BCUT2D eigenvalue weighted by Gasteiger charge is 2.34. The minimum Gasteiger partial charge on any atom is -0.478 e. The first-order chi connectivity index (χ1) is 13.7. The number of anilines is 3. The van der Waals surface area contributed by atoms with Crippen molar-refractivity contribution in [3.05, 3.63) is 44.2 Å². The standard InChI is InChI=1S/C16H9Cl2FN8O2/c17-9-4(15(28)29)1-6(19)10(18)7(9)12-8-11(22)5(2-20)13(23)26-14(8)27-16(25-12)24-3-21/h1,12H,(H,28,29)(H6,22,23,24,25,26,27). The monoisotopic (exact) mass is 434 g/mol. The molecular formula is C16H9Cl2FN8O2. The number of hydrogen-bond acceptors (Lipinski definition) is 9. The number of carboxylic acids is 1. The highest BCUT2D eigenvalue weighted by Crippen LogP contribution is 2.46. The second-order valence-corrected chi connectivity index (χ2v) is 6.41. The number of guanidine groups is 1. The number of nitrogen functional groups attached to an aromatic ring is 2. The van der Waals surface area contributed by atoms with Crippen LogP contribution in [0, 0.1) is 28.6 Å². The maximum absolute atomic E-state index is 14.4. The number of fused-ring (bicyclic) bond motifs is 1. The summed E-state index contributed by atoms with van der Waals surface area (Å²) < 4.78 is 14.4. The molecule has 1 unspecified atom stereocenters. The molecule has 1 aliphatic rings. The fraction of sp³-hybridized carbons (Fsp3) is 0.0625. The second kappa shape index (κ2) is 7.31. The lowest BCUT2D eigenvalue weighted by Crippen LogP contribution is -2.33. The van der Waals surface area contributed by atoms with Gasteiger partial charge in [-0.2, -0.15) is 10.5 Å². The Bertz CT molecular complexity index is 1190. The fourth-order valence-electron chi connectivity index (χ4n) is 2.81. The number of nitrogens with two attached hydrogens (primary N) is 2. The van der Waals surface area contributed by atoms with E-state index < -0.39 is 33.4 Å². The number of aromatic nitrogens is 1. The number of pyridine rings is 1. The van der Waals surface area contributed by atoms with Gasteiger partial charge >= 0.3 is 5.97 Å². The highest BCUT2D eigenvalue weighted by atomic mass is 35.5. The molecular weight excluding hydrogens is 426 g/mol. The van der Waals surface area contributed by atoms with Gasteiger partial charge in [-0.3, -0.25) is 5.32 Å². The summed E-state index contributed by atoms with van der Waals surface area (Å²) in [4.78, 5) is 19.7. The first-order valence-corrected chi connectivity index (χ1v) is 8.36. The molecule has 10 nitrogen and oxygen atoms in total. The Hall–Kier alpha value is -3.80. The van der Waals surface area contributed by atoms with Gasteiger partial charge in [0.15, 0.2) is 6.19 Å². The van der Waals surface area contributed by atoms with E-state index in [1.165, 1.54) is 0 Å². The van der Waals surface area contributed by atoms with E-state index in [0.29, 0.717) is 6.07 Å². The van der Waals surface area contributed by atoms with E-state index in [-0.39, 0.29) is 40.0 Å². The van der Waals surface area contributed by atoms with E-state index in [1.807, 2.05) is 0 Å². The van der Waals surface area contributed by atoms with Crippen molar-refractivity contribution in [1.82, 2.24) is 10.3 Å². The van der Waals surface area contributed by atoms with E-state index in [0.717, 1.165) is 0 Å². The van der Waals surface area contributed by atoms with Crippen LogP contribution in [0.3, 0.4) is 0 Å². The molecule has 3 rings (SSSR count). The van der Waals surface area contributed by atoms with Gasteiger partial charge in [0.25, 0.3) is 0 Å². The Morgan fingerprint density at radius 2 is 2.00 bits per heavy atom. The van der Waals surface area contributed by atoms with Crippen molar-refractivity contribution < 1.29 is 14.3 Å². The summed E-state index contributed by atoms with van der Waals surface area (Å²) in [5.41, 5.74) is 10.8. The number of halogens is 3. The van der Waals surface area contributed by atoms with Gasteiger partial charge in [0.1, 0.15) is 35.1 Å². The number of hydrogen-bond donors (Lipinski definition) is 5. The molecule has 0 radical (unpaired) electrons. The van der Waals surface area contributed by atoms with E-state index >= 15 is 0 Å². The molecule has 1 aliphatic heterocycles. The van der Waals surface area contributed by atoms with Crippen LogP contribution in [-0.4, -0.2) is 22.0 Å². The summed E-state index contributed by atoms with van der Waals surface area (Å²) in [5, 5.41) is 31.5. The van der Waals surface area contributed by atoms with Crippen LogP contribution >= 0.6 is 23.2 Å². The molecule has 1 atom stereocenters. The summed E-state index contributed by atoms with van der Waals surface area (Å²) in [6.07, 6.45) is 1.64. The zero-order valence-electron chi connectivity index (χ0n) is 14.1. The zero-order chi connectivity index (χ0) is 21.5. The van der Waals surface area contributed by atoms with Gasteiger partial charge in [0.05, 0.1) is 21.3 Å². The highest BCUT2D eigenvalue weighted by molar-refractivity contribution is 6.38. The van der Waals surface area contributed by atoms with Crippen molar-refractivity contribution in [3.8, 4) is 12.3 Å². The molecule has 29 heavy (non-hydrogen) atoms. The quantitative estimate of drug-likeness (QED) is 0.268. The molecule has 146 valence electrons. The summed E-state index contributed by atoms with van der Waals surface area (Å²) in [6.45, 7) is 0. The molecule has 0 saturated carbocycles. The van der Waals surface area contributed by atoms with Crippen LogP contribution in [0.15, 0.2) is 11.1 Å². The molecule has 0 bridgehead atoms. The Morgan fingerprint density at radius 3 is 2.59 bits per heavy atom. The van der Waals surface area contributed by atoms with Crippen LogP contribution in [0.1, 0.15) is 33.1 Å². The lowest BCUT2D eigenvalue weighted by Gasteiger charge is -2.27. The maximum atomic E-state index is 14.4. The van der Waals surface area contributed by atoms with Crippen LogP contribution in [0.5, 0.6) is 0 Å². The number of nitrogens with zero attached hydrogens (tertiary/aromatic N) is 4. The van der Waals surface area contributed by atoms with Gasteiger partial charge in [-0.15, -0.1) is 0 Å². The molecule has 0 amide bonds. The Morgan fingerprint density at radius 1 is 1.31 bits per heavy atom. The fourth-order valence-corrected chi connectivity index (χ4v) is 3.44. The Kier molecular flexibility index (Phi) is 5.03. The third kappa shape index (κ3) is 3.18.